The molecular formula is C21H23FN4O2S. The predicted molar refractivity (Wildman–Crippen MR) is 113 cm³/mol. The van der Waals surface area contributed by atoms with Crippen LogP contribution < -0.4 is 15.8 Å². The first-order valence-corrected chi connectivity index (χ1v) is 10.6. The number of hydrogen-bond acceptors (Lipinski definition) is 5. The van der Waals surface area contributed by atoms with Gasteiger partial charge in [0.15, 0.2) is 0 Å². The van der Waals surface area contributed by atoms with Crippen molar-refractivity contribution in [2.75, 3.05) is 18.0 Å². The quantitative estimate of drug-likeness (QED) is 0.697. The molecule has 3 heterocycles. The predicted octanol–water partition coefficient (Wildman–Crippen LogP) is 3.08. The monoisotopic (exact) mass is 414 g/mol. The molecule has 1 unspecified atom stereocenters. The van der Waals surface area contributed by atoms with Crippen LogP contribution in [0.2, 0.25) is 0 Å². The molecule has 152 valence electrons. The largest absolute Gasteiger partial charge is 0.367 e. The molecule has 3 aromatic rings. The van der Waals surface area contributed by atoms with E-state index in [2.05, 4.69) is 10.3 Å². The molecular weight excluding hydrogens is 391 g/mol. The van der Waals surface area contributed by atoms with Crippen molar-refractivity contribution in [3.05, 3.63) is 57.7 Å². The second kappa shape index (κ2) is 8.32. The lowest BCUT2D eigenvalue weighted by molar-refractivity contribution is -0.122. The Morgan fingerprint density at radius 3 is 3.10 bits per heavy atom. The highest BCUT2D eigenvalue weighted by Gasteiger charge is 2.23. The summed E-state index contributed by atoms with van der Waals surface area (Å²) in [6.45, 7) is 3.58. The van der Waals surface area contributed by atoms with E-state index in [1.807, 2.05) is 23.3 Å². The minimum atomic E-state index is -0.238. The zero-order chi connectivity index (χ0) is 20.4. The number of nitrogens with zero attached hydrogens (tertiary/aromatic N) is 3. The van der Waals surface area contributed by atoms with Crippen LogP contribution in [-0.2, 0) is 11.3 Å². The molecule has 6 nitrogen and oxygen atoms in total. The topological polar surface area (TPSA) is 67.2 Å². The molecule has 1 aliphatic heterocycles. The Bertz CT molecular complexity index is 1090. The van der Waals surface area contributed by atoms with Crippen molar-refractivity contribution in [2.24, 2.45) is 0 Å². The number of thiophene rings is 1. The first-order valence-electron chi connectivity index (χ1n) is 9.74. The molecule has 1 atom stereocenters. The molecule has 1 saturated heterocycles. The zero-order valence-electron chi connectivity index (χ0n) is 16.2. The molecule has 0 radical (unpaired) electrons. The van der Waals surface area contributed by atoms with E-state index in [4.69, 9.17) is 0 Å². The average Bonchev–Trinajstić information content (AvgIpc) is 3.19. The third kappa shape index (κ3) is 4.32. The summed E-state index contributed by atoms with van der Waals surface area (Å²) in [5.74, 6) is -0.350. The van der Waals surface area contributed by atoms with Crippen LogP contribution in [-0.4, -0.2) is 34.6 Å². The van der Waals surface area contributed by atoms with Crippen molar-refractivity contribution in [1.82, 2.24) is 14.9 Å². The van der Waals surface area contributed by atoms with Crippen molar-refractivity contribution in [3.63, 3.8) is 0 Å². The van der Waals surface area contributed by atoms with Crippen molar-refractivity contribution in [1.29, 1.82) is 0 Å². The molecule has 29 heavy (non-hydrogen) atoms. The van der Waals surface area contributed by atoms with Crippen molar-refractivity contribution in [2.45, 2.75) is 38.8 Å². The summed E-state index contributed by atoms with van der Waals surface area (Å²) < 4.78 is 15.7. The lowest BCUT2D eigenvalue weighted by Gasteiger charge is -2.35. The van der Waals surface area contributed by atoms with Gasteiger partial charge in [-0.1, -0.05) is 6.07 Å². The second-order valence-corrected chi connectivity index (χ2v) is 8.33. The van der Waals surface area contributed by atoms with E-state index in [0.29, 0.717) is 22.4 Å². The summed E-state index contributed by atoms with van der Waals surface area (Å²) >= 11 is 1.42. The maximum absolute atomic E-state index is 14.2. The lowest BCUT2D eigenvalue weighted by Crippen LogP contribution is -2.48. The number of rotatable bonds is 5. The molecule has 1 N–H and O–H groups in total. The average molecular weight is 415 g/mol. The van der Waals surface area contributed by atoms with Crippen molar-refractivity contribution in [3.8, 4) is 0 Å². The number of amides is 1. The summed E-state index contributed by atoms with van der Waals surface area (Å²) in [5.41, 5.74) is 1.47. The Labute approximate surface area is 172 Å². The molecule has 1 aromatic carbocycles. The maximum atomic E-state index is 14.2. The first-order chi connectivity index (χ1) is 14.0. The fourth-order valence-electron chi connectivity index (χ4n) is 3.75. The number of piperidine rings is 1. The van der Waals surface area contributed by atoms with Gasteiger partial charge in [-0.15, -0.1) is 11.3 Å². The summed E-state index contributed by atoms with van der Waals surface area (Å²) in [6.07, 6.45) is 3.44. The minimum Gasteiger partial charge on any atom is -0.367 e. The van der Waals surface area contributed by atoms with Gasteiger partial charge in [0.05, 0.1) is 17.4 Å². The summed E-state index contributed by atoms with van der Waals surface area (Å²) in [5, 5.41) is 5.46. The molecule has 0 bridgehead atoms. The number of nitrogens with one attached hydrogen (secondary N) is 1. The van der Waals surface area contributed by atoms with Crippen molar-refractivity contribution < 1.29 is 9.18 Å². The zero-order valence-corrected chi connectivity index (χ0v) is 17.0. The van der Waals surface area contributed by atoms with E-state index < -0.39 is 0 Å². The standard InChI is InChI=1S/C21H23FN4O2S/c1-14-4-5-17(22)18(11-14)25-8-2-3-15(12-25)24-19(27)6-9-26-13-23-20-16(21(26)28)7-10-29-20/h4-5,7,10-11,13,15H,2-3,6,8-9,12H2,1H3,(H,24,27). The number of benzene rings is 1. The number of carbonyl (C=O) groups excluding carboxylic acids is 1. The number of aromatic nitrogens is 2. The second-order valence-electron chi connectivity index (χ2n) is 7.44. The Kier molecular flexibility index (Phi) is 5.62. The van der Waals surface area contributed by atoms with Crippen LogP contribution in [0.5, 0.6) is 0 Å². The Morgan fingerprint density at radius 1 is 1.38 bits per heavy atom. The van der Waals surface area contributed by atoms with Gasteiger partial charge in [0.25, 0.3) is 5.56 Å². The molecule has 0 saturated carbocycles. The fraction of sp³-hybridized carbons (Fsp3) is 0.381. The Morgan fingerprint density at radius 2 is 2.24 bits per heavy atom. The smallest absolute Gasteiger partial charge is 0.262 e. The number of carbonyl (C=O) groups is 1. The van der Waals surface area contributed by atoms with Gasteiger partial charge in [0, 0.05) is 32.1 Å². The van der Waals surface area contributed by atoms with E-state index in [1.54, 1.807) is 12.1 Å². The highest BCUT2D eigenvalue weighted by atomic mass is 32.1. The van der Waals surface area contributed by atoms with Gasteiger partial charge in [-0.25, -0.2) is 9.37 Å². The summed E-state index contributed by atoms with van der Waals surface area (Å²) in [4.78, 5) is 31.8. The number of aryl methyl sites for hydroxylation is 2. The number of hydrogen-bond donors (Lipinski definition) is 1. The van der Waals surface area contributed by atoms with E-state index in [0.717, 1.165) is 24.9 Å². The number of fused-ring (bicyclic) bond motifs is 1. The molecule has 0 aliphatic carbocycles. The fourth-order valence-corrected chi connectivity index (χ4v) is 4.48. The van der Waals surface area contributed by atoms with Gasteiger partial charge in [0.2, 0.25) is 5.91 Å². The van der Waals surface area contributed by atoms with Crippen LogP contribution in [0.25, 0.3) is 10.2 Å². The minimum absolute atomic E-state index is 0.0367. The van der Waals surface area contributed by atoms with Crippen molar-refractivity contribution >= 4 is 33.1 Å². The normalized spacial score (nSPS) is 16.9. The lowest BCUT2D eigenvalue weighted by atomic mass is 10.0. The first kappa shape index (κ1) is 19.6. The van der Waals surface area contributed by atoms with Gasteiger partial charge in [-0.2, -0.15) is 0 Å². The number of halogens is 1. The summed E-state index contributed by atoms with van der Waals surface area (Å²) in [7, 11) is 0. The molecule has 8 heteroatoms. The number of anilines is 1. The van der Waals surface area contributed by atoms with Crippen LogP contribution in [0.1, 0.15) is 24.8 Å². The van der Waals surface area contributed by atoms with Crippen LogP contribution in [0.4, 0.5) is 10.1 Å². The molecule has 1 fully saturated rings. The van der Waals surface area contributed by atoms with Gasteiger partial charge in [-0.05, 0) is 48.9 Å². The third-order valence-corrected chi connectivity index (χ3v) is 6.08. The highest BCUT2D eigenvalue weighted by molar-refractivity contribution is 7.16. The molecule has 1 amide bonds. The van der Waals surface area contributed by atoms with Crippen LogP contribution >= 0.6 is 11.3 Å². The third-order valence-electron chi connectivity index (χ3n) is 5.26. The van der Waals surface area contributed by atoms with Crippen LogP contribution in [0.15, 0.2) is 40.8 Å². The van der Waals surface area contributed by atoms with E-state index in [-0.39, 0.29) is 36.3 Å². The SMILES string of the molecule is Cc1ccc(F)c(N2CCCC(NC(=O)CCn3cnc4sccc4c3=O)C2)c1. The van der Waals surface area contributed by atoms with Crippen LogP contribution in [0.3, 0.4) is 0 Å². The highest BCUT2D eigenvalue weighted by Crippen LogP contribution is 2.24. The Hall–Kier alpha value is -2.74. The Balaban J connectivity index is 1.36. The van der Waals surface area contributed by atoms with Gasteiger partial charge in [-0.3, -0.25) is 14.2 Å². The molecule has 4 rings (SSSR count). The molecule has 1 aliphatic rings. The van der Waals surface area contributed by atoms with Crippen LogP contribution in [0, 0.1) is 12.7 Å². The molecule has 2 aromatic heterocycles. The van der Waals surface area contributed by atoms with E-state index in [9.17, 15) is 14.0 Å². The van der Waals surface area contributed by atoms with E-state index in [1.165, 1.54) is 28.3 Å². The van der Waals surface area contributed by atoms with E-state index >= 15 is 0 Å². The molecule has 0 spiro atoms. The van der Waals surface area contributed by atoms with Gasteiger partial charge < -0.3 is 10.2 Å². The van der Waals surface area contributed by atoms with Gasteiger partial charge >= 0.3 is 0 Å². The summed E-state index contributed by atoms with van der Waals surface area (Å²) in [6, 6.07) is 6.81. The van der Waals surface area contributed by atoms with Gasteiger partial charge in [0.1, 0.15) is 10.6 Å². The maximum Gasteiger partial charge on any atom is 0.262 e.